The molecule has 0 fully saturated rings. The third-order valence-corrected chi connectivity index (χ3v) is 2.07. The summed E-state index contributed by atoms with van der Waals surface area (Å²) in [5.74, 6) is -0.733. The predicted molar refractivity (Wildman–Crippen MR) is 47.2 cm³/mol. The van der Waals surface area contributed by atoms with Gasteiger partial charge < -0.3 is 9.63 Å². The summed E-state index contributed by atoms with van der Waals surface area (Å²) in [6, 6.07) is 0.904. The van der Waals surface area contributed by atoms with Gasteiger partial charge in [0.05, 0.1) is 0 Å². The molecule has 0 unspecified atom stereocenters. The van der Waals surface area contributed by atoms with Crippen LogP contribution in [0, 0.1) is 0 Å². The number of halogens is 3. The molecule has 0 aliphatic rings. The zero-order chi connectivity index (χ0) is 12.6. The van der Waals surface area contributed by atoms with Crippen molar-refractivity contribution in [3.05, 3.63) is 11.8 Å². The molecule has 2 N–H and O–H groups in total. The van der Waals surface area contributed by atoms with E-state index in [4.69, 9.17) is 5.11 Å². The van der Waals surface area contributed by atoms with Crippen LogP contribution >= 0.6 is 0 Å². The topological polar surface area (TPSA) is 75.4 Å². The van der Waals surface area contributed by atoms with Crippen LogP contribution in [0.5, 0.6) is 0 Å². The number of nitrogens with zero attached hydrogens (tertiary/aromatic N) is 1. The van der Waals surface area contributed by atoms with Crippen molar-refractivity contribution in [3.8, 4) is 0 Å². The highest BCUT2D eigenvalue weighted by molar-refractivity contribution is 5.81. The van der Waals surface area contributed by atoms with Crippen LogP contribution in [0.3, 0.4) is 0 Å². The maximum atomic E-state index is 12.6. The van der Waals surface area contributed by atoms with Gasteiger partial charge in [-0.3, -0.25) is 5.32 Å². The Balaban J connectivity index is 2.98. The van der Waals surface area contributed by atoms with E-state index in [0.29, 0.717) is 0 Å². The zero-order valence-corrected chi connectivity index (χ0v) is 8.42. The van der Waals surface area contributed by atoms with Crippen LogP contribution in [0.1, 0.15) is 19.6 Å². The van der Waals surface area contributed by atoms with E-state index in [1.807, 2.05) is 0 Å². The van der Waals surface area contributed by atoms with Crippen molar-refractivity contribution in [1.82, 2.24) is 5.16 Å². The number of anilines is 1. The second kappa shape index (κ2) is 3.69. The number of amides is 1. The van der Waals surface area contributed by atoms with Crippen molar-refractivity contribution in [3.63, 3.8) is 0 Å². The molecule has 1 amide bonds. The number of aromatic nitrogens is 1. The molecule has 0 aromatic carbocycles. The Morgan fingerprint density at radius 2 is 2.06 bits per heavy atom. The number of alkyl halides is 3. The van der Waals surface area contributed by atoms with Gasteiger partial charge in [0.2, 0.25) is 0 Å². The van der Waals surface area contributed by atoms with Crippen molar-refractivity contribution >= 4 is 11.9 Å². The van der Waals surface area contributed by atoms with E-state index in [9.17, 15) is 18.0 Å². The Hall–Kier alpha value is -1.73. The first-order valence-corrected chi connectivity index (χ1v) is 4.18. The Bertz CT molecular complexity index is 397. The quantitative estimate of drug-likeness (QED) is 0.830. The largest absolute Gasteiger partial charge is 0.465 e. The Morgan fingerprint density at radius 1 is 1.50 bits per heavy atom. The summed E-state index contributed by atoms with van der Waals surface area (Å²) in [6.07, 6.45) is -5.93. The van der Waals surface area contributed by atoms with Gasteiger partial charge in [-0.05, 0) is 13.8 Å². The molecule has 90 valence electrons. The highest BCUT2D eigenvalue weighted by Gasteiger charge is 2.51. The van der Waals surface area contributed by atoms with Crippen LogP contribution < -0.4 is 5.32 Å². The molecular weight excluding hydrogens is 229 g/mol. The smallest absolute Gasteiger partial charge is 0.410 e. The fraction of sp³-hybridized carbons (Fsp3) is 0.500. The minimum atomic E-state index is -4.51. The average Bonchev–Trinajstić information content (AvgIpc) is 2.49. The molecule has 0 bridgehead atoms. The number of hydrogen-bond acceptors (Lipinski definition) is 3. The summed E-state index contributed by atoms with van der Waals surface area (Å²) in [7, 11) is 0. The van der Waals surface area contributed by atoms with E-state index in [1.54, 1.807) is 5.32 Å². The van der Waals surface area contributed by atoms with E-state index < -0.39 is 23.4 Å². The van der Waals surface area contributed by atoms with Crippen LogP contribution in [0.4, 0.5) is 23.8 Å². The monoisotopic (exact) mass is 238 g/mol. The first-order chi connectivity index (χ1) is 7.14. The fourth-order valence-electron chi connectivity index (χ4n) is 0.878. The van der Waals surface area contributed by atoms with E-state index >= 15 is 0 Å². The first-order valence-electron chi connectivity index (χ1n) is 4.18. The van der Waals surface area contributed by atoms with Crippen LogP contribution in [-0.2, 0) is 5.41 Å². The summed E-state index contributed by atoms with van der Waals surface area (Å²) < 4.78 is 42.2. The Labute approximate surface area is 88.2 Å². The lowest BCUT2D eigenvalue weighted by molar-refractivity contribution is -0.185. The third kappa shape index (κ3) is 2.26. The lowest BCUT2D eigenvalue weighted by Crippen LogP contribution is -2.35. The van der Waals surface area contributed by atoms with E-state index in [0.717, 1.165) is 19.9 Å². The molecular formula is C8H9F3N2O3. The maximum absolute atomic E-state index is 12.6. The van der Waals surface area contributed by atoms with Crippen molar-refractivity contribution in [2.75, 3.05) is 5.32 Å². The van der Waals surface area contributed by atoms with Gasteiger partial charge in [0.15, 0.2) is 11.6 Å². The molecule has 1 rings (SSSR count). The van der Waals surface area contributed by atoms with Crippen molar-refractivity contribution in [2.45, 2.75) is 25.4 Å². The van der Waals surface area contributed by atoms with Gasteiger partial charge in [0.25, 0.3) is 0 Å². The zero-order valence-electron chi connectivity index (χ0n) is 8.42. The molecule has 5 nitrogen and oxygen atoms in total. The minimum Gasteiger partial charge on any atom is -0.465 e. The average molecular weight is 238 g/mol. The normalized spacial score (nSPS) is 12.6. The minimum absolute atomic E-state index is 0.278. The number of rotatable bonds is 2. The molecule has 1 aromatic heterocycles. The molecule has 0 saturated carbocycles. The van der Waals surface area contributed by atoms with Crippen molar-refractivity contribution < 1.29 is 27.6 Å². The molecule has 0 aliphatic heterocycles. The number of carbonyl (C=O) groups is 1. The Morgan fingerprint density at radius 3 is 2.50 bits per heavy atom. The third-order valence-electron chi connectivity index (χ3n) is 2.07. The van der Waals surface area contributed by atoms with E-state index in [1.165, 1.54) is 0 Å². The molecule has 0 aliphatic carbocycles. The summed E-state index contributed by atoms with van der Waals surface area (Å²) in [5.41, 5.74) is -2.22. The summed E-state index contributed by atoms with van der Waals surface area (Å²) in [6.45, 7) is 1.83. The summed E-state index contributed by atoms with van der Waals surface area (Å²) >= 11 is 0. The molecule has 8 heteroatoms. The van der Waals surface area contributed by atoms with Gasteiger partial charge in [0, 0.05) is 6.07 Å². The van der Waals surface area contributed by atoms with Gasteiger partial charge in [-0.1, -0.05) is 5.16 Å². The van der Waals surface area contributed by atoms with Crippen LogP contribution in [0.25, 0.3) is 0 Å². The Kier molecular flexibility index (Phi) is 2.85. The highest BCUT2D eigenvalue weighted by Crippen LogP contribution is 2.40. The van der Waals surface area contributed by atoms with Gasteiger partial charge in [0.1, 0.15) is 5.41 Å². The van der Waals surface area contributed by atoms with Gasteiger partial charge in [-0.2, -0.15) is 13.2 Å². The molecule has 16 heavy (non-hydrogen) atoms. The van der Waals surface area contributed by atoms with Crippen molar-refractivity contribution in [2.24, 2.45) is 0 Å². The predicted octanol–water partition coefficient (Wildman–Crippen LogP) is 2.60. The molecule has 0 radical (unpaired) electrons. The van der Waals surface area contributed by atoms with Crippen LogP contribution in [-0.4, -0.2) is 22.5 Å². The number of hydrogen-bond donors (Lipinski definition) is 2. The SMILES string of the molecule is CC(C)(c1cc(NC(=O)O)no1)C(F)(F)F. The van der Waals surface area contributed by atoms with Gasteiger partial charge in [-0.15, -0.1) is 0 Å². The van der Waals surface area contributed by atoms with Crippen LogP contribution in [0.2, 0.25) is 0 Å². The lowest BCUT2D eigenvalue weighted by Gasteiger charge is -2.24. The highest BCUT2D eigenvalue weighted by atomic mass is 19.4. The maximum Gasteiger partial charge on any atom is 0.410 e. The standard InChI is InChI=1S/C8H9F3N2O3/c1-7(2,8(9,10)11)4-3-5(13-16-4)12-6(14)15/h3H,1-2H3,(H,12,13)(H,14,15). The first kappa shape index (κ1) is 12.3. The second-order valence-electron chi connectivity index (χ2n) is 3.63. The molecule has 1 heterocycles. The molecule has 1 aromatic rings. The lowest BCUT2D eigenvalue weighted by atomic mass is 9.89. The molecule has 0 atom stereocenters. The number of carboxylic acid groups (broad SMARTS) is 1. The van der Waals surface area contributed by atoms with Gasteiger partial charge >= 0.3 is 12.3 Å². The second-order valence-corrected chi connectivity index (χ2v) is 3.63. The van der Waals surface area contributed by atoms with Crippen molar-refractivity contribution in [1.29, 1.82) is 0 Å². The van der Waals surface area contributed by atoms with E-state index in [2.05, 4.69) is 9.68 Å². The fourth-order valence-corrected chi connectivity index (χ4v) is 0.878. The summed E-state index contributed by atoms with van der Waals surface area (Å²) in [5, 5.41) is 13.3. The molecule has 0 spiro atoms. The summed E-state index contributed by atoms with van der Waals surface area (Å²) in [4.78, 5) is 10.2. The molecule has 0 saturated heterocycles. The van der Waals surface area contributed by atoms with Gasteiger partial charge in [-0.25, -0.2) is 4.79 Å². The van der Waals surface area contributed by atoms with Crippen LogP contribution in [0.15, 0.2) is 10.6 Å². The number of nitrogens with one attached hydrogen (secondary N) is 1. The van der Waals surface area contributed by atoms with E-state index in [-0.39, 0.29) is 5.82 Å².